The number of ether oxygens (including phenoxy) is 1. The second-order valence-corrected chi connectivity index (χ2v) is 7.31. The summed E-state index contributed by atoms with van der Waals surface area (Å²) in [6, 6.07) is 16.5. The molecule has 0 aliphatic rings. The zero-order chi connectivity index (χ0) is 20.2. The first kappa shape index (κ1) is 18.9. The van der Waals surface area contributed by atoms with Crippen LogP contribution in [-0.4, -0.2) is 23.7 Å². The molecule has 6 nitrogen and oxygen atoms in total. The number of aromatic nitrogens is 1. The minimum atomic E-state index is -0.286. The van der Waals surface area contributed by atoms with Crippen molar-refractivity contribution >= 4 is 38.8 Å². The fraction of sp³-hybridized carbons (Fsp3) is 0.136. The Morgan fingerprint density at radius 3 is 2.79 bits per heavy atom. The number of benzene rings is 2. The summed E-state index contributed by atoms with van der Waals surface area (Å²) in [5, 5.41) is 6.17. The van der Waals surface area contributed by atoms with Crippen molar-refractivity contribution in [2.45, 2.75) is 13.8 Å². The molecule has 0 aliphatic carbocycles. The Balaban J connectivity index is 1.71. The van der Waals surface area contributed by atoms with E-state index in [0.29, 0.717) is 28.8 Å². The zero-order valence-corrected chi connectivity index (χ0v) is 16.8. The molecule has 0 atom stereocenters. The second-order valence-electron chi connectivity index (χ2n) is 6.30. The first-order chi connectivity index (χ1) is 14.1. The summed E-state index contributed by atoms with van der Waals surface area (Å²) in [5.41, 5.74) is 2.45. The van der Waals surface area contributed by atoms with Crippen molar-refractivity contribution in [3.63, 3.8) is 0 Å². The molecule has 2 heterocycles. The normalized spacial score (nSPS) is 11.2. The van der Waals surface area contributed by atoms with E-state index in [4.69, 9.17) is 9.15 Å². The summed E-state index contributed by atoms with van der Waals surface area (Å²) in [6.45, 7) is 4.51. The molecule has 0 saturated carbocycles. The molecule has 0 aliphatic heterocycles. The Morgan fingerprint density at radius 2 is 2.07 bits per heavy atom. The lowest BCUT2D eigenvalue weighted by Gasteiger charge is -2.14. The van der Waals surface area contributed by atoms with E-state index in [2.05, 4.69) is 10.1 Å². The van der Waals surface area contributed by atoms with Gasteiger partial charge >= 0.3 is 0 Å². The second kappa shape index (κ2) is 8.28. The Morgan fingerprint density at radius 1 is 1.24 bits per heavy atom. The third kappa shape index (κ3) is 4.20. The van der Waals surface area contributed by atoms with Gasteiger partial charge in [-0.3, -0.25) is 4.79 Å². The molecule has 0 unspecified atom stereocenters. The molecule has 1 amide bonds. The molecule has 4 rings (SSSR count). The van der Waals surface area contributed by atoms with Gasteiger partial charge in [-0.2, -0.15) is 10.1 Å². The van der Waals surface area contributed by atoms with Crippen molar-refractivity contribution in [3.8, 4) is 5.75 Å². The third-order valence-electron chi connectivity index (χ3n) is 4.16. The standard InChI is InChI=1S/C22H19N3O3S/c1-3-27-17-9-7-16(8-10-17)21(26)25(23-14-18-5-4-12-28-18)22-24-19-11-6-15(2)13-20(19)29-22/h4-14H,3H2,1-2H3/b23-14-. The molecule has 4 aromatic rings. The number of carbonyl (C=O) groups excluding carboxylic acids is 1. The van der Waals surface area contributed by atoms with E-state index in [9.17, 15) is 4.79 Å². The number of anilines is 1. The SMILES string of the molecule is CCOc1ccc(C(=O)N(/N=C\c2ccco2)c2nc3ccc(C)cc3s2)cc1. The van der Waals surface area contributed by atoms with Gasteiger partial charge in [0.05, 0.1) is 29.3 Å². The molecule has 0 radical (unpaired) electrons. The number of hydrogen-bond acceptors (Lipinski definition) is 6. The van der Waals surface area contributed by atoms with Gasteiger partial charge in [0.15, 0.2) is 0 Å². The van der Waals surface area contributed by atoms with Crippen LogP contribution in [0.4, 0.5) is 5.13 Å². The van der Waals surface area contributed by atoms with E-state index in [0.717, 1.165) is 15.8 Å². The minimum Gasteiger partial charge on any atom is -0.494 e. The summed E-state index contributed by atoms with van der Waals surface area (Å²) in [6.07, 6.45) is 3.06. The predicted octanol–water partition coefficient (Wildman–Crippen LogP) is 5.28. The van der Waals surface area contributed by atoms with E-state index in [1.807, 2.05) is 32.0 Å². The molecule has 0 fully saturated rings. The molecule has 2 aromatic carbocycles. The number of fused-ring (bicyclic) bond motifs is 1. The average molecular weight is 405 g/mol. The molecular formula is C22H19N3O3S. The summed E-state index contributed by atoms with van der Waals surface area (Å²) in [7, 11) is 0. The number of carbonyl (C=O) groups is 1. The average Bonchev–Trinajstić information content (AvgIpc) is 3.38. The van der Waals surface area contributed by atoms with Crippen LogP contribution in [0.5, 0.6) is 5.75 Å². The number of thiazole rings is 1. The fourth-order valence-electron chi connectivity index (χ4n) is 2.76. The van der Waals surface area contributed by atoms with Crippen molar-refractivity contribution in [3.05, 3.63) is 77.7 Å². The number of furan rings is 1. The van der Waals surface area contributed by atoms with Gasteiger partial charge in [-0.15, -0.1) is 0 Å². The van der Waals surface area contributed by atoms with Crippen molar-refractivity contribution in [2.75, 3.05) is 11.6 Å². The summed E-state index contributed by atoms with van der Waals surface area (Å²) >= 11 is 1.42. The molecule has 29 heavy (non-hydrogen) atoms. The number of hydrazone groups is 1. The van der Waals surface area contributed by atoms with Gasteiger partial charge in [0, 0.05) is 5.56 Å². The maximum atomic E-state index is 13.2. The van der Waals surface area contributed by atoms with Crippen molar-refractivity contribution in [2.24, 2.45) is 5.10 Å². The van der Waals surface area contributed by atoms with E-state index in [-0.39, 0.29) is 5.91 Å². The maximum absolute atomic E-state index is 13.2. The highest BCUT2D eigenvalue weighted by atomic mass is 32.1. The molecule has 2 aromatic heterocycles. The Bertz CT molecular complexity index is 1150. The molecule has 0 bridgehead atoms. The van der Waals surface area contributed by atoms with Crippen LogP contribution in [-0.2, 0) is 0 Å². The van der Waals surface area contributed by atoms with Crippen LogP contribution in [0, 0.1) is 6.92 Å². The van der Waals surface area contributed by atoms with Gasteiger partial charge in [-0.25, -0.2) is 4.98 Å². The highest BCUT2D eigenvalue weighted by Gasteiger charge is 2.21. The number of aryl methyl sites for hydroxylation is 1. The van der Waals surface area contributed by atoms with Gasteiger partial charge < -0.3 is 9.15 Å². The predicted molar refractivity (Wildman–Crippen MR) is 115 cm³/mol. The molecule has 0 N–H and O–H groups in total. The van der Waals surface area contributed by atoms with Crippen molar-refractivity contribution < 1.29 is 13.9 Å². The third-order valence-corrected chi connectivity index (χ3v) is 5.16. The lowest BCUT2D eigenvalue weighted by molar-refractivity contribution is 0.0988. The first-order valence-electron chi connectivity index (χ1n) is 9.16. The van der Waals surface area contributed by atoms with Crippen LogP contribution in [0.1, 0.15) is 28.6 Å². The van der Waals surface area contributed by atoms with Crippen LogP contribution in [0.25, 0.3) is 10.2 Å². The van der Waals surface area contributed by atoms with Crippen molar-refractivity contribution in [1.82, 2.24) is 4.98 Å². The van der Waals surface area contributed by atoms with Gasteiger partial charge in [0.2, 0.25) is 5.13 Å². The molecular weight excluding hydrogens is 386 g/mol. The topological polar surface area (TPSA) is 67.9 Å². The lowest BCUT2D eigenvalue weighted by Crippen LogP contribution is -2.25. The highest BCUT2D eigenvalue weighted by molar-refractivity contribution is 7.22. The van der Waals surface area contributed by atoms with E-state index in [1.54, 1.807) is 42.7 Å². The Hall–Kier alpha value is -3.45. The zero-order valence-electron chi connectivity index (χ0n) is 16.0. The maximum Gasteiger partial charge on any atom is 0.280 e. The smallest absolute Gasteiger partial charge is 0.280 e. The van der Waals surface area contributed by atoms with Gasteiger partial charge in [0.1, 0.15) is 11.5 Å². The van der Waals surface area contributed by atoms with Gasteiger partial charge in [-0.05, 0) is 67.9 Å². The van der Waals surface area contributed by atoms with E-state index in [1.165, 1.54) is 22.6 Å². The quantitative estimate of drug-likeness (QED) is 0.323. The summed E-state index contributed by atoms with van der Waals surface area (Å²) < 4.78 is 11.8. The van der Waals surface area contributed by atoms with Crippen molar-refractivity contribution in [1.29, 1.82) is 0 Å². The van der Waals surface area contributed by atoms with Crippen LogP contribution in [0.15, 0.2) is 70.4 Å². The van der Waals surface area contributed by atoms with E-state index < -0.39 is 0 Å². The first-order valence-corrected chi connectivity index (χ1v) is 9.97. The minimum absolute atomic E-state index is 0.286. The number of hydrogen-bond donors (Lipinski definition) is 0. The highest BCUT2D eigenvalue weighted by Crippen LogP contribution is 2.31. The Kier molecular flexibility index (Phi) is 5.39. The molecule has 0 saturated heterocycles. The summed E-state index contributed by atoms with van der Waals surface area (Å²) in [5.74, 6) is 0.975. The number of nitrogens with zero attached hydrogens (tertiary/aromatic N) is 3. The lowest BCUT2D eigenvalue weighted by atomic mass is 10.2. The number of rotatable bonds is 6. The van der Waals surface area contributed by atoms with Gasteiger partial charge in [0.25, 0.3) is 5.91 Å². The molecule has 7 heteroatoms. The monoisotopic (exact) mass is 405 g/mol. The van der Waals surface area contributed by atoms with Crippen LogP contribution >= 0.6 is 11.3 Å². The fourth-order valence-corrected chi connectivity index (χ4v) is 3.78. The number of amides is 1. The molecule has 0 spiro atoms. The van der Waals surface area contributed by atoms with Gasteiger partial charge in [-0.1, -0.05) is 17.4 Å². The molecule has 146 valence electrons. The Labute approximate surface area is 172 Å². The van der Waals surface area contributed by atoms with Crippen LogP contribution in [0.2, 0.25) is 0 Å². The van der Waals surface area contributed by atoms with E-state index >= 15 is 0 Å². The van der Waals surface area contributed by atoms with Crippen LogP contribution in [0.3, 0.4) is 0 Å². The van der Waals surface area contributed by atoms with Crippen LogP contribution < -0.4 is 9.75 Å². The summed E-state index contributed by atoms with van der Waals surface area (Å²) in [4.78, 5) is 17.8. The largest absolute Gasteiger partial charge is 0.494 e.